The largest absolute Gasteiger partial charge is 0.357 e. The molecule has 17 heavy (non-hydrogen) atoms. The Labute approximate surface area is 107 Å². The van der Waals surface area contributed by atoms with Crippen LogP contribution in [0, 0.1) is 5.92 Å². The van der Waals surface area contributed by atoms with Gasteiger partial charge in [-0.15, -0.1) is 0 Å². The number of likely N-dealkylation sites (N-methyl/N-ethyl adjacent to an activating group) is 1. The van der Waals surface area contributed by atoms with Crippen LogP contribution in [-0.4, -0.2) is 50.6 Å². The summed E-state index contributed by atoms with van der Waals surface area (Å²) in [7, 11) is 4.26. The fourth-order valence-corrected chi connectivity index (χ4v) is 1.70. The van der Waals surface area contributed by atoms with Crippen LogP contribution in [-0.2, 0) is 0 Å². The normalized spacial score (nSPS) is 12.7. The summed E-state index contributed by atoms with van der Waals surface area (Å²) in [6.45, 7) is 11.4. The SMILES string of the molecule is CCNC(=NCC(CC(C)C)N(C)C)NCC. The van der Waals surface area contributed by atoms with Gasteiger partial charge in [-0.2, -0.15) is 0 Å². The zero-order valence-electron chi connectivity index (χ0n) is 12.4. The predicted molar refractivity (Wildman–Crippen MR) is 76.6 cm³/mol. The lowest BCUT2D eigenvalue weighted by atomic mass is 10.0. The zero-order valence-corrected chi connectivity index (χ0v) is 12.4. The first-order valence-corrected chi connectivity index (χ1v) is 6.69. The minimum Gasteiger partial charge on any atom is -0.357 e. The average Bonchev–Trinajstić information content (AvgIpc) is 2.23. The van der Waals surface area contributed by atoms with Crippen LogP contribution >= 0.6 is 0 Å². The van der Waals surface area contributed by atoms with Crippen LogP contribution in [0.3, 0.4) is 0 Å². The highest BCUT2D eigenvalue weighted by Crippen LogP contribution is 2.09. The number of aliphatic imine (C=N–C) groups is 1. The molecule has 0 heterocycles. The van der Waals surface area contributed by atoms with E-state index < -0.39 is 0 Å². The van der Waals surface area contributed by atoms with Crippen LogP contribution < -0.4 is 10.6 Å². The molecule has 0 saturated heterocycles. The minimum absolute atomic E-state index is 0.516. The summed E-state index contributed by atoms with van der Waals surface area (Å²) in [4.78, 5) is 6.89. The molecule has 0 aromatic rings. The molecular formula is C13H30N4. The molecule has 0 aliphatic heterocycles. The predicted octanol–water partition coefficient (Wildman–Crippen LogP) is 1.54. The summed E-state index contributed by atoms with van der Waals surface area (Å²) >= 11 is 0. The second-order valence-electron chi connectivity index (χ2n) is 5.00. The number of nitrogens with zero attached hydrogens (tertiary/aromatic N) is 2. The first-order chi connectivity index (χ1) is 8.01. The van der Waals surface area contributed by atoms with Gasteiger partial charge in [0.05, 0.1) is 6.54 Å². The first-order valence-electron chi connectivity index (χ1n) is 6.69. The van der Waals surface area contributed by atoms with Gasteiger partial charge >= 0.3 is 0 Å². The Hall–Kier alpha value is -0.770. The van der Waals surface area contributed by atoms with Gasteiger partial charge in [0.15, 0.2) is 5.96 Å². The van der Waals surface area contributed by atoms with Crippen molar-refractivity contribution in [2.24, 2.45) is 10.9 Å². The van der Waals surface area contributed by atoms with Gasteiger partial charge in [0.1, 0.15) is 0 Å². The number of guanidine groups is 1. The maximum Gasteiger partial charge on any atom is 0.191 e. The summed E-state index contributed by atoms with van der Waals surface area (Å²) in [5.74, 6) is 1.63. The number of nitrogens with one attached hydrogen (secondary N) is 2. The van der Waals surface area contributed by atoms with Crippen molar-refractivity contribution in [1.29, 1.82) is 0 Å². The minimum atomic E-state index is 0.516. The molecule has 1 unspecified atom stereocenters. The van der Waals surface area contributed by atoms with Crippen LogP contribution in [0.5, 0.6) is 0 Å². The molecule has 4 nitrogen and oxygen atoms in total. The lowest BCUT2D eigenvalue weighted by molar-refractivity contribution is 0.261. The summed E-state index contributed by atoms with van der Waals surface area (Å²) in [5.41, 5.74) is 0. The van der Waals surface area contributed by atoms with Gasteiger partial charge in [0, 0.05) is 19.1 Å². The van der Waals surface area contributed by atoms with Crippen molar-refractivity contribution in [1.82, 2.24) is 15.5 Å². The third-order valence-electron chi connectivity index (χ3n) is 2.62. The number of hydrogen-bond acceptors (Lipinski definition) is 2. The molecule has 0 aromatic heterocycles. The molecule has 2 N–H and O–H groups in total. The van der Waals surface area contributed by atoms with Crippen LogP contribution in [0.15, 0.2) is 4.99 Å². The highest BCUT2D eigenvalue weighted by Gasteiger charge is 2.12. The van der Waals surface area contributed by atoms with Crippen molar-refractivity contribution in [3.05, 3.63) is 0 Å². The van der Waals surface area contributed by atoms with E-state index in [9.17, 15) is 0 Å². The maximum atomic E-state index is 4.63. The van der Waals surface area contributed by atoms with Gasteiger partial charge in [-0.05, 0) is 40.3 Å². The van der Waals surface area contributed by atoms with Crippen molar-refractivity contribution in [2.45, 2.75) is 40.2 Å². The molecule has 0 saturated carbocycles. The molecule has 0 bridgehead atoms. The zero-order chi connectivity index (χ0) is 13.3. The molecule has 0 amide bonds. The fourth-order valence-electron chi connectivity index (χ4n) is 1.70. The van der Waals surface area contributed by atoms with Crippen LogP contribution in [0.2, 0.25) is 0 Å². The molecule has 0 fully saturated rings. The Morgan fingerprint density at radius 1 is 1.12 bits per heavy atom. The van der Waals surface area contributed by atoms with Crippen molar-refractivity contribution < 1.29 is 0 Å². The summed E-state index contributed by atoms with van der Waals surface area (Å²) in [6, 6.07) is 0.516. The summed E-state index contributed by atoms with van der Waals surface area (Å²) < 4.78 is 0. The van der Waals surface area contributed by atoms with E-state index in [2.05, 4.69) is 62.3 Å². The van der Waals surface area contributed by atoms with Gasteiger partial charge in [0.25, 0.3) is 0 Å². The van der Waals surface area contributed by atoms with Gasteiger partial charge in [-0.25, -0.2) is 0 Å². The highest BCUT2D eigenvalue weighted by molar-refractivity contribution is 5.79. The van der Waals surface area contributed by atoms with Gasteiger partial charge in [0.2, 0.25) is 0 Å². The standard InChI is InChI=1S/C13H30N4/c1-7-14-13(15-8-2)16-10-12(17(5)6)9-11(3)4/h11-12H,7-10H2,1-6H3,(H2,14,15,16). The second-order valence-corrected chi connectivity index (χ2v) is 5.00. The highest BCUT2D eigenvalue weighted by atomic mass is 15.2. The Kier molecular flexibility index (Phi) is 8.86. The van der Waals surface area contributed by atoms with E-state index in [0.717, 1.165) is 25.6 Å². The summed E-state index contributed by atoms with van der Waals surface area (Å²) in [6.07, 6.45) is 1.18. The molecule has 0 aromatic carbocycles. The molecule has 0 rings (SSSR count). The lowest BCUT2D eigenvalue weighted by Crippen LogP contribution is -2.39. The van der Waals surface area contributed by atoms with E-state index in [1.807, 2.05) is 0 Å². The van der Waals surface area contributed by atoms with Crippen molar-refractivity contribution in [3.63, 3.8) is 0 Å². The van der Waals surface area contributed by atoms with Gasteiger partial charge in [-0.1, -0.05) is 13.8 Å². The molecule has 0 spiro atoms. The molecule has 0 aliphatic carbocycles. The monoisotopic (exact) mass is 242 g/mol. The molecule has 102 valence electrons. The van der Waals surface area contributed by atoms with Crippen molar-refractivity contribution >= 4 is 5.96 Å². The van der Waals surface area contributed by atoms with Crippen molar-refractivity contribution in [2.75, 3.05) is 33.7 Å². The number of rotatable bonds is 7. The third-order valence-corrected chi connectivity index (χ3v) is 2.62. The Morgan fingerprint density at radius 2 is 1.65 bits per heavy atom. The Balaban J connectivity index is 4.35. The lowest BCUT2D eigenvalue weighted by Gasteiger charge is -2.24. The molecule has 0 radical (unpaired) electrons. The number of hydrogen-bond donors (Lipinski definition) is 2. The van der Waals surface area contributed by atoms with E-state index in [1.54, 1.807) is 0 Å². The van der Waals surface area contributed by atoms with Crippen LogP contribution in [0.1, 0.15) is 34.1 Å². The maximum absolute atomic E-state index is 4.63. The Morgan fingerprint density at radius 3 is 2.00 bits per heavy atom. The first kappa shape index (κ1) is 16.2. The van der Waals surface area contributed by atoms with Crippen LogP contribution in [0.25, 0.3) is 0 Å². The van der Waals surface area contributed by atoms with E-state index >= 15 is 0 Å². The fraction of sp³-hybridized carbons (Fsp3) is 0.923. The Bertz CT molecular complexity index is 203. The van der Waals surface area contributed by atoms with E-state index in [-0.39, 0.29) is 0 Å². The third kappa shape index (κ3) is 8.02. The second kappa shape index (κ2) is 9.28. The van der Waals surface area contributed by atoms with E-state index in [1.165, 1.54) is 6.42 Å². The average molecular weight is 242 g/mol. The van der Waals surface area contributed by atoms with Crippen molar-refractivity contribution in [3.8, 4) is 0 Å². The smallest absolute Gasteiger partial charge is 0.191 e. The molecule has 0 aliphatic rings. The van der Waals surface area contributed by atoms with Gasteiger partial charge in [-0.3, -0.25) is 4.99 Å². The van der Waals surface area contributed by atoms with E-state index in [0.29, 0.717) is 12.0 Å². The molecule has 1 atom stereocenters. The van der Waals surface area contributed by atoms with Crippen LogP contribution in [0.4, 0.5) is 0 Å². The quantitative estimate of drug-likeness (QED) is 0.525. The van der Waals surface area contributed by atoms with E-state index in [4.69, 9.17) is 0 Å². The summed E-state index contributed by atoms with van der Waals surface area (Å²) in [5, 5.41) is 6.50. The topological polar surface area (TPSA) is 39.7 Å². The van der Waals surface area contributed by atoms with Gasteiger partial charge < -0.3 is 15.5 Å². The molecule has 4 heteroatoms. The molecular weight excluding hydrogens is 212 g/mol.